The van der Waals surface area contributed by atoms with E-state index in [-0.39, 0.29) is 0 Å². The first-order chi connectivity index (χ1) is 6.20. The van der Waals surface area contributed by atoms with E-state index in [2.05, 4.69) is 20.9 Å². The highest BCUT2D eigenvalue weighted by molar-refractivity contribution is 9.10. The van der Waals surface area contributed by atoms with Crippen molar-refractivity contribution in [2.45, 2.75) is 0 Å². The van der Waals surface area contributed by atoms with Crippen molar-refractivity contribution >= 4 is 42.6 Å². The number of anilines is 1. The minimum Gasteiger partial charge on any atom is -0.495 e. The molecule has 0 atom stereocenters. The van der Waals surface area contributed by atoms with Gasteiger partial charge in [0.05, 0.1) is 21.8 Å². The lowest BCUT2D eigenvalue weighted by molar-refractivity contribution is 0.413. The van der Waals surface area contributed by atoms with Gasteiger partial charge in [-0.1, -0.05) is 11.3 Å². The molecule has 0 aliphatic heterocycles. The van der Waals surface area contributed by atoms with Crippen LogP contribution in [0.15, 0.2) is 16.6 Å². The van der Waals surface area contributed by atoms with E-state index in [1.165, 1.54) is 11.3 Å². The molecule has 68 valence electrons. The number of halogens is 1. The summed E-state index contributed by atoms with van der Waals surface area (Å²) < 4.78 is 7.12. The Kier molecular flexibility index (Phi) is 2.13. The summed E-state index contributed by atoms with van der Waals surface area (Å²) in [5.41, 5.74) is 6.46. The summed E-state index contributed by atoms with van der Waals surface area (Å²) >= 11 is 4.87. The van der Waals surface area contributed by atoms with Crippen molar-refractivity contribution in [2.75, 3.05) is 12.8 Å². The van der Waals surface area contributed by atoms with Crippen molar-refractivity contribution in [2.24, 2.45) is 0 Å². The number of hydrogen-bond donors (Lipinski definition) is 1. The van der Waals surface area contributed by atoms with Crippen LogP contribution in [0.3, 0.4) is 0 Å². The molecule has 0 fully saturated rings. The van der Waals surface area contributed by atoms with Crippen LogP contribution in [0.25, 0.3) is 10.2 Å². The zero-order valence-electron chi connectivity index (χ0n) is 6.87. The smallest absolute Gasteiger partial charge is 0.181 e. The fourth-order valence-corrected chi connectivity index (χ4v) is 2.52. The van der Waals surface area contributed by atoms with Gasteiger partial charge in [-0.15, -0.1) is 0 Å². The van der Waals surface area contributed by atoms with Crippen LogP contribution in [-0.4, -0.2) is 12.1 Å². The van der Waals surface area contributed by atoms with Crippen molar-refractivity contribution in [3.63, 3.8) is 0 Å². The molecule has 0 bridgehead atoms. The number of benzene rings is 1. The topological polar surface area (TPSA) is 48.1 Å². The minimum absolute atomic E-state index is 0.579. The Hall–Kier alpha value is -0.810. The van der Waals surface area contributed by atoms with Gasteiger partial charge in [0, 0.05) is 6.07 Å². The number of methoxy groups -OCH3 is 1. The Labute approximate surface area is 87.7 Å². The molecule has 2 aromatic rings. The number of nitrogens with two attached hydrogens (primary N) is 1. The summed E-state index contributed by atoms with van der Waals surface area (Å²) in [5.74, 6) is 0.776. The van der Waals surface area contributed by atoms with Crippen LogP contribution in [0.4, 0.5) is 5.13 Å². The minimum atomic E-state index is 0.579. The highest BCUT2D eigenvalue weighted by Gasteiger charge is 2.06. The fraction of sp³-hybridized carbons (Fsp3) is 0.125. The van der Waals surface area contributed by atoms with E-state index in [1.54, 1.807) is 7.11 Å². The first-order valence-corrected chi connectivity index (χ1v) is 5.21. The van der Waals surface area contributed by atoms with Gasteiger partial charge in [-0.25, -0.2) is 4.98 Å². The normalized spacial score (nSPS) is 10.6. The molecule has 13 heavy (non-hydrogen) atoms. The second-order valence-corrected chi connectivity index (χ2v) is 4.42. The standard InChI is InChI=1S/C8H7BrN2OS/c1-12-6-3-5-7(2-4(6)9)13-8(10)11-5/h2-3H,1H3,(H2,10,11). The lowest BCUT2D eigenvalue weighted by Crippen LogP contribution is -1.84. The molecule has 0 aliphatic rings. The molecule has 0 saturated carbocycles. The highest BCUT2D eigenvalue weighted by Crippen LogP contribution is 2.33. The number of hydrogen-bond acceptors (Lipinski definition) is 4. The molecule has 2 N–H and O–H groups in total. The number of nitrogens with zero attached hydrogens (tertiary/aromatic N) is 1. The summed E-state index contributed by atoms with van der Waals surface area (Å²) in [6.07, 6.45) is 0. The lowest BCUT2D eigenvalue weighted by Gasteiger charge is -2.01. The van der Waals surface area contributed by atoms with Gasteiger partial charge in [-0.2, -0.15) is 0 Å². The van der Waals surface area contributed by atoms with Gasteiger partial charge < -0.3 is 10.5 Å². The summed E-state index contributed by atoms with van der Waals surface area (Å²) in [7, 11) is 1.63. The van der Waals surface area contributed by atoms with Gasteiger partial charge in [-0.3, -0.25) is 0 Å². The van der Waals surface area contributed by atoms with E-state index < -0.39 is 0 Å². The largest absolute Gasteiger partial charge is 0.495 e. The molecule has 0 unspecified atom stereocenters. The zero-order valence-corrected chi connectivity index (χ0v) is 9.28. The van der Waals surface area contributed by atoms with E-state index in [0.29, 0.717) is 5.13 Å². The number of rotatable bonds is 1. The van der Waals surface area contributed by atoms with E-state index in [0.717, 1.165) is 20.4 Å². The van der Waals surface area contributed by atoms with Crippen molar-refractivity contribution < 1.29 is 4.74 Å². The Balaban J connectivity index is 2.72. The molecular formula is C8H7BrN2OS. The van der Waals surface area contributed by atoms with Crippen molar-refractivity contribution in [3.8, 4) is 5.75 Å². The molecule has 2 rings (SSSR count). The van der Waals surface area contributed by atoms with Gasteiger partial charge in [0.1, 0.15) is 5.75 Å². The molecule has 0 spiro atoms. The Morgan fingerprint density at radius 2 is 2.31 bits per heavy atom. The van der Waals surface area contributed by atoms with Crippen LogP contribution in [0.5, 0.6) is 5.75 Å². The molecule has 0 radical (unpaired) electrons. The summed E-state index contributed by atoms with van der Waals surface area (Å²) in [6, 6.07) is 3.83. The van der Waals surface area contributed by atoms with E-state index >= 15 is 0 Å². The van der Waals surface area contributed by atoms with Gasteiger partial charge in [0.15, 0.2) is 5.13 Å². The number of ether oxygens (including phenoxy) is 1. The van der Waals surface area contributed by atoms with Gasteiger partial charge in [0.25, 0.3) is 0 Å². The average molecular weight is 259 g/mol. The lowest BCUT2D eigenvalue weighted by atomic mass is 10.3. The van der Waals surface area contributed by atoms with Crippen LogP contribution in [0, 0.1) is 0 Å². The van der Waals surface area contributed by atoms with Crippen molar-refractivity contribution in [1.82, 2.24) is 4.98 Å². The molecule has 5 heteroatoms. The van der Waals surface area contributed by atoms with Crippen LogP contribution < -0.4 is 10.5 Å². The van der Waals surface area contributed by atoms with Crippen LogP contribution in [-0.2, 0) is 0 Å². The first kappa shape index (κ1) is 8.77. The molecule has 1 aromatic carbocycles. The van der Waals surface area contributed by atoms with Crippen LogP contribution >= 0.6 is 27.3 Å². The highest BCUT2D eigenvalue weighted by atomic mass is 79.9. The van der Waals surface area contributed by atoms with E-state index in [9.17, 15) is 0 Å². The molecular weight excluding hydrogens is 252 g/mol. The molecule has 0 saturated heterocycles. The maximum Gasteiger partial charge on any atom is 0.181 e. The second-order valence-electron chi connectivity index (χ2n) is 2.51. The Morgan fingerprint density at radius 1 is 1.54 bits per heavy atom. The number of aromatic nitrogens is 1. The van der Waals surface area contributed by atoms with Gasteiger partial charge in [0.2, 0.25) is 0 Å². The van der Waals surface area contributed by atoms with Gasteiger partial charge in [-0.05, 0) is 22.0 Å². The van der Waals surface area contributed by atoms with Crippen molar-refractivity contribution in [1.29, 1.82) is 0 Å². The molecule has 1 aromatic heterocycles. The molecule has 3 nitrogen and oxygen atoms in total. The molecule has 0 aliphatic carbocycles. The third-order valence-corrected chi connectivity index (χ3v) is 3.15. The van der Waals surface area contributed by atoms with E-state index in [4.69, 9.17) is 10.5 Å². The van der Waals surface area contributed by atoms with Crippen molar-refractivity contribution in [3.05, 3.63) is 16.6 Å². The number of nitrogen functional groups attached to an aromatic ring is 1. The van der Waals surface area contributed by atoms with Crippen LogP contribution in [0.1, 0.15) is 0 Å². The second kappa shape index (κ2) is 3.16. The SMILES string of the molecule is COc1cc2nc(N)sc2cc1Br. The third kappa shape index (κ3) is 1.49. The predicted octanol–water partition coefficient (Wildman–Crippen LogP) is 2.65. The Bertz CT molecular complexity index is 455. The fourth-order valence-electron chi connectivity index (χ4n) is 1.10. The number of thiazole rings is 1. The zero-order chi connectivity index (χ0) is 9.42. The maximum absolute atomic E-state index is 5.58. The summed E-state index contributed by atoms with van der Waals surface area (Å²) in [4.78, 5) is 4.16. The van der Waals surface area contributed by atoms with Gasteiger partial charge >= 0.3 is 0 Å². The maximum atomic E-state index is 5.58. The van der Waals surface area contributed by atoms with E-state index in [1.807, 2.05) is 12.1 Å². The first-order valence-electron chi connectivity index (χ1n) is 3.60. The quantitative estimate of drug-likeness (QED) is 0.856. The third-order valence-electron chi connectivity index (χ3n) is 1.68. The predicted molar refractivity (Wildman–Crippen MR) is 58.3 cm³/mol. The monoisotopic (exact) mass is 258 g/mol. The summed E-state index contributed by atoms with van der Waals surface area (Å²) in [6.45, 7) is 0. The average Bonchev–Trinajstić information content (AvgIpc) is 2.42. The number of fused-ring (bicyclic) bond motifs is 1. The molecule has 0 amide bonds. The Morgan fingerprint density at radius 3 is 3.00 bits per heavy atom. The summed E-state index contributed by atoms with van der Waals surface area (Å²) in [5, 5.41) is 0.579. The van der Waals surface area contributed by atoms with Crippen LogP contribution in [0.2, 0.25) is 0 Å². The molecule has 1 heterocycles.